The minimum Gasteiger partial charge on any atom is -0.390 e. The molecule has 0 aliphatic carbocycles. The lowest BCUT2D eigenvalue weighted by atomic mass is 10.1. The first-order chi connectivity index (χ1) is 14.8. The number of Topliss-reactive ketones (excluding diaryl/α,β-unsaturated/α-hetero) is 2. The normalized spacial score (nSPS) is 14.7. The van der Waals surface area contributed by atoms with Crippen LogP contribution in [-0.4, -0.2) is 78.0 Å². The number of rotatable bonds is 12. The molecule has 0 bridgehead atoms. The number of aryl methyl sites for hydroxylation is 1. The van der Waals surface area contributed by atoms with Crippen molar-refractivity contribution in [2.75, 3.05) is 13.2 Å². The van der Waals surface area contributed by atoms with Crippen LogP contribution in [0.15, 0.2) is 34.3 Å². The Balaban J connectivity index is 0.000000687. The molecular formula is C19H29N3O9S. The highest BCUT2D eigenvalue weighted by molar-refractivity contribution is 7.86. The second-order valence-corrected chi connectivity index (χ2v) is 8.66. The minimum atomic E-state index is -3.99. The first-order valence-corrected chi connectivity index (χ1v) is 10.9. The van der Waals surface area contributed by atoms with Crippen molar-refractivity contribution >= 4 is 21.7 Å². The summed E-state index contributed by atoms with van der Waals surface area (Å²) in [6.07, 6.45) is -5.48. The van der Waals surface area contributed by atoms with Crippen LogP contribution < -0.4 is 0 Å². The first kappa shape index (κ1) is 29.6. The Morgan fingerprint density at radius 1 is 0.969 bits per heavy atom. The third kappa shape index (κ3) is 12.5. The van der Waals surface area contributed by atoms with E-state index in [1.54, 1.807) is 12.1 Å². The fourth-order valence-corrected chi connectivity index (χ4v) is 3.07. The molecule has 1 aromatic carbocycles. The van der Waals surface area contributed by atoms with Gasteiger partial charge in [0.25, 0.3) is 10.1 Å². The Morgan fingerprint density at radius 2 is 1.44 bits per heavy atom. The number of hydrogen-bond donors (Lipinski definition) is 4. The van der Waals surface area contributed by atoms with Crippen molar-refractivity contribution in [3.05, 3.63) is 40.3 Å². The van der Waals surface area contributed by atoms with Gasteiger partial charge >= 0.3 is 0 Å². The second kappa shape index (κ2) is 14.6. The molecule has 0 radical (unpaired) electrons. The van der Waals surface area contributed by atoms with E-state index in [9.17, 15) is 28.2 Å². The number of carbonyl (C=O) groups is 2. The molecule has 0 spiro atoms. The van der Waals surface area contributed by atoms with Gasteiger partial charge < -0.3 is 20.4 Å². The van der Waals surface area contributed by atoms with Crippen molar-refractivity contribution in [2.24, 2.45) is 5.11 Å². The zero-order chi connectivity index (χ0) is 24.9. The van der Waals surface area contributed by atoms with Crippen LogP contribution in [0.3, 0.4) is 0 Å². The van der Waals surface area contributed by atoms with Gasteiger partial charge in [-0.3, -0.25) is 13.8 Å². The van der Waals surface area contributed by atoms with Gasteiger partial charge in [0.15, 0.2) is 0 Å². The molecule has 0 aromatic heterocycles. The molecule has 12 nitrogen and oxygen atoms in total. The van der Waals surface area contributed by atoms with Crippen LogP contribution in [0.1, 0.15) is 32.3 Å². The average molecular weight is 476 g/mol. The first-order valence-electron chi connectivity index (χ1n) is 9.48. The maximum absolute atomic E-state index is 11.8. The lowest BCUT2D eigenvalue weighted by molar-refractivity contribution is -0.121. The van der Waals surface area contributed by atoms with E-state index >= 15 is 0 Å². The van der Waals surface area contributed by atoms with Crippen LogP contribution in [0.2, 0.25) is 0 Å². The molecule has 13 heteroatoms. The van der Waals surface area contributed by atoms with Crippen LogP contribution >= 0.6 is 0 Å². The smallest absolute Gasteiger partial charge is 0.297 e. The molecule has 0 amide bonds. The van der Waals surface area contributed by atoms with E-state index in [2.05, 4.69) is 14.2 Å². The summed E-state index contributed by atoms with van der Waals surface area (Å²) in [4.78, 5) is 23.6. The van der Waals surface area contributed by atoms with E-state index in [0.29, 0.717) is 0 Å². The Morgan fingerprint density at radius 3 is 1.88 bits per heavy atom. The van der Waals surface area contributed by atoms with Crippen LogP contribution in [0, 0.1) is 6.92 Å². The number of nitrogens with zero attached hydrogens (tertiary/aromatic N) is 3. The van der Waals surface area contributed by atoms with E-state index in [1.807, 2.05) is 6.92 Å². The Kier molecular flexibility index (Phi) is 13.5. The molecule has 0 unspecified atom stereocenters. The number of hydrogen-bond acceptors (Lipinski definition) is 10. The highest BCUT2D eigenvalue weighted by atomic mass is 32.2. The predicted molar refractivity (Wildman–Crippen MR) is 113 cm³/mol. The van der Waals surface area contributed by atoms with Crippen LogP contribution in [0.5, 0.6) is 0 Å². The molecule has 1 aromatic rings. The van der Waals surface area contributed by atoms with E-state index in [4.69, 9.17) is 15.7 Å². The lowest BCUT2D eigenvalue weighted by Crippen LogP contribution is -2.33. The average Bonchev–Trinajstić information content (AvgIpc) is 2.70. The van der Waals surface area contributed by atoms with Gasteiger partial charge in [0.2, 0.25) is 0 Å². The maximum atomic E-state index is 11.8. The second-order valence-electron chi connectivity index (χ2n) is 7.05. The number of ketones is 2. The van der Waals surface area contributed by atoms with Gasteiger partial charge in [-0.1, -0.05) is 22.8 Å². The van der Waals surface area contributed by atoms with Crippen molar-refractivity contribution in [1.29, 1.82) is 0 Å². The molecular weight excluding hydrogens is 446 g/mol. The standard InChI is InChI=1S/C13H18O6S.C6H11N3O3/c1-9-3-5-11(6-4-9)20(17,18)19-8-13(16)12(15)7-10(2)14;1-4(10)2-5(11)6(12)3-8-9-7/h3-6,12-13,15-16H,7-8H2,1-2H3;5-6,11-12H,2-3H2,1H3/t12-,13+;5-,6+/m00/s1. The molecule has 0 saturated heterocycles. The zero-order valence-electron chi connectivity index (χ0n) is 18.0. The van der Waals surface area contributed by atoms with Gasteiger partial charge in [0.1, 0.15) is 17.7 Å². The highest BCUT2D eigenvalue weighted by Gasteiger charge is 2.22. The Labute approximate surface area is 186 Å². The molecule has 0 aliphatic rings. The Bertz CT molecular complexity index is 876. The van der Waals surface area contributed by atoms with Gasteiger partial charge in [-0.05, 0) is 38.4 Å². The third-order valence-corrected chi connectivity index (χ3v) is 5.21. The maximum Gasteiger partial charge on any atom is 0.297 e. The molecule has 0 aliphatic heterocycles. The zero-order valence-corrected chi connectivity index (χ0v) is 18.8. The quantitative estimate of drug-likeness (QED) is 0.142. The lowest BCUT2D eigenvalue weighted by Gasteiger charge is -2.16. The SMILES string of the molecule is CC(=O)C[C@H](O)[C@H](O)CN=[N+]=[N-].CC(=O)C[C@H](O)[C@H](O)COS(=O)(=O)c1ccc(C)cc1. The molecule has 0 saturated carbocycles. The van der Waals surface area contributed by atoms with E-state index in [1.165, 1.54) is 26.0 Å². The van der Waals surface area contributed by atoms with E-state index in [-0.39, 0.29) is 35.8 Å². The van der Waals surface area contributed by atoms with Crippen molar-refractivity contribution in [3.8, 4) is 0 Å². The summed E-state index contributed by atoms with van der Waals surface area (Å²) in [5.41, 5.74) is 8.78. The van der Waals surface area contributed by atoms with Crippen LogP contribution in [0.25, 0.3) is 10.4 Å². The summed E-state index contributed by atoms with van der Waals surface area (Å²) in [6.45, 7) is 3.57. The molecule has 0 fully saturated rings. The van der Waals surface area contributed by atoms with E-state index < -0.39 is 41.1 Å². The fraction of sp³-hybridized carbons (Fsp3) is 0.579. The molecule has 180 valence electrons. The third-order valence-electron chi connectivity index (χ3n) is 3.92. The van der Waals surface area contributed by atoms with Gasteiger partial charge in [-0.25, -0.2) is 0 Å². The largest absolute Gasteiger partial charge is 0.390 e. The number of aliphatic hydroxyl groups is 4. The van der Waals surface area contributed by atoms with E-state index in [0.717, 1.165) is 5.56 Å². The number of aliphatic hydroxyl groups excluding tert-OH is 4. The topological polar surface area (TPSA) is 207 Å². The molecule has 4 N–H and O–H groups in total. The summed E-state index contributed by atoms with van der Waals surface area (Å²) in [5, 5.41) is 40.1. The summed E-state index contributed by atoms with van der Waals surface area (Å²) in [7, 11) is -3.99. The number of benzene rings is 1. The summed E-state index contributed by atoms with van der Waals surface area (Å²) < 4.78 is 28.3. The van der Waals surface area contributed by atoms with Gasteiger partial charge in [-0.2, -0.15) is 8.42 Å². The van der Waals surface area contributed by atoms with Gasteiger partial charge in [0, 0.05) is 17.8 Å². The molecule has 0 heterocycles. The van der Waals surface area contributed by atoms with Crippen LogP contribution in [-0.2, 0) is 23.9 Å². The predicted octanol–water partition coefficient (Wildman–Crippen LogP) is 0.399. The Hall–Kier alpha value is -2.38. The number of carbonyl (C=O) groups excluding carboxylic acids is 2. The van der Waals surface area contributed by atoms with Crippen molar-refractivity contribution in [3.63, 3.8) is 0 Å². The minimum absolute atomic E-state index is 0.0312. The summed E-state index contributed by atoms with van der Waals surface area (Å²) >= 11 is 0. The van der Waals surface area contributed by atoms with Gasteiger partial charge in [-0.15, -0.1) is 0 Å². The fourth-order valence-electron chi connectivity index (χ4n) is 2.15. The van der Waals surface area contributed by atoms with Crippen molar-refractivity contribution in [2.45, 2.75) is 62.9 Å². The molecule has 4 atom stereocenters. The number of azide groups is 1. The molecule has 1 rings (SSSR count). The van der Waals surface area contributed by atoms with Crippen molar-refractivity contribution < 1.29 is 42.6 Å². The summed E-state index contributed by atoms with van der Waals surface area (Å²) in [6, 6.07) is 6.03. The highest BCUT2D eigenvalue weighted by Crippen LogP contribution is 2.14. The van der Waals surface area contributed by atoms with Crippen molar-refractivity contribution in [1.82, 2.24) is 0 Å². The van der Waals surface area contributed by atoms with Crippen LogP contribution in [0.4, 0.5) is 0 Å². The monoisotopic (exact) mass is 475 g/mol. The summed E-state index contributed by atoms with van der Waals surface area (Å²) in [5.74, 6) is -0.527. The molecule has 32 heavy (non-hydrogen) atoms. The van der Waals surface area contributed by atoms with Gasteiger partial charge in [0.05, 0.1) is 36.4 Å².